The SMILES string of the molecule is Nc1cnc(NC(=O)c2c(O)cccc2O)c(Br)c1. The third kappa shape index (κ3) is 2.76. The van der Waals surface area contributed by atoms with Gasteiger partial charge in [0.05, 0.1) is 16.4 Å². The van der Waals surface area contributed by atoms with Crippen molar-refractivity contribution in [1.82, 2.24) is 4.98 Å². The summed E-state index contributed by atoms with van der Waals surface area (Å²) in [6, 6.07) is 5.62. The predicted molar refractivity (Wildman–Crippen MR) is 74.1 cm³/mol. The lowest BCUT2D eigenvalue weighted by molar-refractivity contribution is 0.102. The molecule has 0 fully saturated rings. The summed E-state index contributed by atoms with van der Waals surface area (Å²) in [5.41, 5.74) is 5.76. The largest absolute Gasteiger partial charge is 0.507 e. The minimum absolute atomic E-state index is 0.215. The number of halogens is 1. The third-order valence-electron chi connectivity index (χ3n) is 2.34. The van der Waals surface area contributed by atoms with E-state index < -0.39 is 5.91 Å². The number of nitrogens with zero attached hydrogens (tertiary/aromatic N) is 1. The summed E-state index contributed by atoms with van der Waals surface area (Å²) >= 11 is 3.20. The fourth-order valence-corrected chi connectivity index (χ4v) is 1.94. The highest BCUT2D eigenvalue weighted by atomic mass is 79.9. The van der Waals surface area contributed by atoms with Gasteiger partial charge in [-0.1, -0.05) is 6.07 Å². The molecule has 1 heterocycles. The second-order valence-corrected chi connectivity index (χ2v) is 4.58. The second kappa shape index (κ2) is 5.15. The van der Waals surface area contributed by atoms with Crippen LogP contribution in [0.25, 0.3) is 0 Å². The van der Waals surface area contributed by atoms with E-state index in [1.807, 2.05) is 0 Å². The highest BCUT2D eigenvalue weighted by Crippen LogP contribution is 2.28. The first-order chi connectivity index (χ1) is 8.99. The van der Waals surface area contributed by atoms with Crippen molar-refractivity contribution in [2.24, 2.45) is 0 Å². The van der Waals surface area contributed by atoms with Crippen LogP contribution in [-0.2, 0) is 0 Å². The lowest BCUT2D eigenvalue weighted by Gasteiger charge is -2.09. The zero-order valence-corrected chi connectivity index (χ0v) is 11.2. The second-order valence-electron chi connectivity index (χ2n) is 3.72. The number of rotatable bonds is 2. The van der Waals surface area contributed by atoms with Gasteiger partial charge in [0.2, 0.25) is 0 Å². The van der Waals surface area contributed by atoms with Crippen LogP contribution in [0.2, 0.25) is 0 Å². The van der Waals surface area contributed by atoms with Crippen LogP contribution in [0.4, 0.5) is 11.5 Å². The Morgan fingerprint density at radius 1 is 1.32 bits per heavy atom. The van der Waals surface area contributed by atoms with Crippen molar-refractivity contribution >= 4 is 33.3 Å². The molecule has 0 saturated carbocycles. The third-order valence-corrected chi connectivity index (χ3v) is 2.95. The zero-order valence-electron chi connectivity index (χ0n) is 9.59. The van der Waals surface area contributed by atoms with Crippen molar-refractivity contribution in [2.45, 2.75) is 0 Å². The molecule has 0 spiro atoms. The number of nitrogen functional groups attached to an aromatic ring is 1. The number of hydrogen-bond donors (Lipinski definition) is 4. The van der Waals surface area contributed by atoms with E-state index in [1.54, 1.807) is 6.07 Å². The first-order valence-corrected chi connectivity index (χ1v) is 6.01. The molecule has 0 aliphatic heterocycles. The molecule has 1 aromatic carbocycles. The maximum absolute atomic E-state index is 12.0. The molecule has 7 heteroatoms. The van der Waals surface area contributed by atoms with E-state index in [4.69, 9.17) is 5.73 Å². The van der Waals surface area contributed by atoms with Gasteiger partial charge in [0.25, 0.3) is 5.91 Å². The first-order valence-electron chi connectivity index (χ1n) is 5.22. The van der Waals surface area contributed by atoms with Crippen LogP contribution in [0.3, 0.4) is 0 Å². The summed E-state index contributed by atoms with van der Waals surface area (Å²) in [7, 11) is 0. The molecule has 0 aliphatic carbocycles. The molecule has 6 nitrogen and oxygen atoms in total. The average Bonchev–Trinajstić information content (AvgIpc) is 2.32. The Morgan fingerprint density at radius 3 is 2.53 bits per heavy atom. The summed E-state index contributed by atoms with van der Waals surface area (Å²) in [5, 5.41) is 21.6. The van der Waals surface area contributed by atoms with Crippen LogP contribution in [0, 0.1) is 0 Å². The van der Waals surface area contributed by atoms with Gasteiger partial charge in [-0.2, -0.15) is 0 Å². The van der Waals surface area contributed by atoms with Gasteiger partial charge < -0.3 is 21.3 Å². The molecule has 19 heavy (non-hydrogen) atoms. The van der Waals surface area contributed by atoms with Crippen molar-refractivity contribution in [3.63, 3.8) is 0 Å². The number of amides is 1. The fraction of sp³-hybridized carbons (Fsp3) is 0. The number of phenolic OH excluding ortho intramolecular Hbond substituents is 2. The molecular weight excluding hydrogens is 314 g/mol. The molecule has 2 aromatic rings. The van der Waals surface area contributed by atoms with Crippen molar-refractivity contribution in [3.8, 4) is 11.5 Å². The normalized spacial score (nSPS) is 10.2. The number of aromatic hydroxyl groups is 2. The maximum atomic E-state index is 12.0. The van der Waals surface area contributed by atoms with Gasteiger partial charge in [0.1, 0.15) is 22.9 Å². The standard InChI is InChI=1S/C12H10BrN3O3/c13-7-4-6(14)5-15-11(7)16-12(19)10-8(17)2-1-3-9(10)18/h1-5,17-18H,14H2,(H,15,16,19). The number of anilines is 2. The van der Waals surface area contributed by atoms with E-state index in [-0.39, 0.29) is 22.9 Å². The molecule has 0 unspecified atom stereocenters. The molecular formula is C12H10BrN3O3. The summed E-state index contributed by atoms with van der Waals surface area (Å²) in [6.07, 6.45) is 1.38. The van der Waals surface area contributed by atoms with Crippen molar-refractivity contribution in [3.05, 3.63) is 40.5 Å². The van der Waals surface area contributed by atoms with Gasteiger partial charge in [0.15, 0.2) is 0 Å². The Labute approximate surface area is 117 Å². The number of carbonyl (C=O) groups excluding carboxylic acids is 1. The molecule has 0 radical (unpaired) electrons. The number of phenols is 2. The number of nitrogens with one attached hydrogen (secondary N) is 1. The summed E-state index contributed by atoms with van der Waals surface area (Å²) in [4.78, 5) is 15.9. The van der Waals surface area contributed by atoms with Crippen LogP contribution in [0.15, 0.2) is 34.9 Å². The summed E-state index contributed by atoms with van der Waals surface area (Å²) < 4.78 is 0.496. The van der Waals surface area contributed by atoms with Gasteiger partial charge in [-0.3, -0.25) is 4.79 Å². The van der Waals surface area contributed by atoms with Crippen molar-refractivity contribution in [2.75, 3.05) is 11.1 Å². The lowest BCUT2D eigenvalue weighted by Crippen LogP contribution is -2.14. The Bertz CT molecular complexity index is 626. The van der Waals surface area contributed by atoms with E-state index in [0.29, 0.717) is 10.2 Å². The molecule has 0 bridgehead atoms. The lowest BCUT2D eigenvalue weighted by atomic mass is 10.1. The van der Waals surface area contributed by atoms with Gasteiger partial charge in [0, 0.05) is 0 Å². The van der Waals surface area contributed by atoms with Crippen molar-refractivity contribution in [1.29, 1.82) is 0 Å². The Balaban J connectivity index is 2.31. The smallest absolute Gasteiger partial charge is 0.264 e. The van der Waals surface area contributed by atoms with Crippen molar-refractivity contribution < 1.29 is 15.0 Å². The number of hydrogen-bond acceptors (Lipinski definition) is 5. The number of benzene rings is 1. The Hall–Kier alpha value is -2.28. The van der Waals surface area contributed by atoms with Gasteiger partial charge in [-0.15, -0.1) is 0 Å². The Kier molecular flexibility index (Phi) is 3.57. The molecule has 98 valence electrons. The van der Waals surface area contributed by atoms with E-state index in [2.05, 4.69) is 26.2 Å². The van der Waals surface area contributed by atoms with Gasteiger partial charge >= 0.3 is 0 Å². The van der Waals surface area contributed by atoms with E-state index >= 15 is 0 Å². The van der Waals surface area contributed by atoms with Crippen LogP contribution in [-0.4, -0.2) is 21.1 Å². The first kappa shape index (κ1) is 13.2. The van der Waals surface area contributed by atoms with Gasteiger partial charge in [-0.05, 0) is 34.1 Å². The summed E-state index contributed by atoms with van der Waals surface area (Å²) in [6.45, 7) is 0. The van der Waals surface area contributed by atoms with Gasteiger partial charge in [-0.25, -0.2) is 4.98 Å². The monoisotopic (exact) mass is 323 g/mol. The molecule has 1 aromatic heterocycles. The number of nitrogens with two attached hydrogens (primary N) is 1. The molecule has 5 N–H and O–H groups in total. The van der Waals surface area contributed by atoms with Crippen LogP contribution >= 0.6 is 15.9 Å². The molecule has 0 aliphatic rings. The summed E-state index contributed by atoms with van der Waals surface area (Å²) in [5.74, 6) is -1.07. The topological polar surface area (TPSA) is 108 Å². The highest BCUT2D eigenvalue weighted by Gasteiger charge is 2.17. The van der Waals surface area contributed by atoms with E-state index in [9.17, 15) is 15.0 Å². The van der Waals surface area contributed by atoms with E-state index in [1.165, 1.54) is 24.4 Å². The van der Waals surface area contributed by atoms with E-state index in [0.717, 1.165) is 0 Å². The number of carbonyl (C=O) groups is 1. The van der Waals surface area contributed by atoms with Crippen LogP contribution < -0.4 is 11.1 Å². The minimum Gasteiger partial charge on any atom is -0.507 e. The molecule has 0 saturated heterocycles. The number of aromatic nitrogens is 1. The van der Waals surface area contributed by atoms with Crippen LogP contribution in [0.1, 0.15) is 10.4 Å². The highest BCUT2D eigenvalue weighted by molar-refractivity contribution is 9.10. The number of pyridine rings is 1. The molecule has 0 atom stereocenters. The quantitative estimate of drug-likeness (QED) is 0.676. The Morgan fingerprint density at radius 2 is 1.95 bits per heavy atom. The fourth-order valence-electron chi connectivity index (χ4n) is 1.48. The molecule has 2 rings (SSSR count). The average molecular weight is 324 g/mol. The minimum atomic E-state index is -0.673. The maximum Gasteiger partial charge on any atom is 0.264 e. The zero-order chi connectivity index (χ0) is 14.0. The molecule has 1 amide bonds. The predicted octanol–water partition coefficient (Wildman–Crippen LogP) is 2.09. The van der Waals surface area contributed by atoms with Crippen LogP contribution in [0.5, 0.6) is 11.5 Å².